The normalized spacial score (nSPS) is 10.3. The van der Waals surface area contributed by atoms with Crippen LogP contribution in [0.4, 0.5) is 17.3 Å². The standard InChI is InChI=1S/C14H16BrClN4O/c1-3-6-17-13-12(15)14(19-8-18-13)20-10-7-9(16)4-5-11(10)21-2/h4-5,7-8H,3,6H2,1-2H3,(H2,17,18,19,20). The van der Waals surface area contributed by atoms with Gasteiger partial charge >= 0.3 is 0 Å². The Labute approximate surface area is 137 Å². The number of methoxy groups -OCH3 is 1. The minimum atomic E-state index is 0.618. The Balaban J connectivity index is 2.29. The molecule has 0 radical (unpaired) electrons. The van der Waals surface area contributed by atoms with Crippen LogP contribution in [-0.2, 0) is 0 Å². The molecule has 2 aromatic rings. The number of anilines is 3. The molecule has 1 aromatic carbocycles. The lowest BCUT2D eigenvalue weighted by molar-refractivity contribution is 0.417. The molecule has 5 nitrogen and oxygen atoms in total. The highest BCUT2D eigenvalue weighted by atomic mass is 79.9. The summed E-state index contributed by atoms with van der Waals surface area (Å²) in [5.74, 6) is 2.08. The van der Waals surface area contributed by atoms with E-state index in [0.717, 1.165) is 28.9 Å². The van der Waals surface area contributed by atoms with Crippen LogP contribution >= 0.6 is 27.5 Å². The van der Waals surface area contributed by atoms with Crippen LogP contribution in [0.2, 0.25) is 5.02 Å². The Bertz CT molecular complexity index is 624. The number of aromatic nitrogens is 2. The van der Waals surface area contributed by atoms with Gasteiger partial charge in [0.1, 0.15) is 28.2 Å². The van der Waals surface area contributed by atoms with Crippen molar-refractivity contribution in [2.75, 3.05) is 24.3 Å². The van der Waals surface area contributed by atoms with Crippen LogP contribution in [0.25, 0.3) is 0 Å². The Morgan fingerprint density at radius 2 is 2.05 bits per heavy atom. The van der Waals surface area contributed by atoms with Crippen LogP contribution in [-0.4, -0.2) is 23.6 Å². The monoisotopic (exact) mass is 370 g/mol. The first-order chi connectivity index (χ1) is 10.2. The highest BCUT2D eigenvalue weighted by molar-refractivity contribution is 9.10. The molecule has 0 saturated heterocycles. The van der Waals surface area contributed by atoms with Gasteiger partial charge in [0, 0.05) is 11.6 Å². The zero-order chi connectivity index (χ0) is 15.2. The molecular formula is C14H16BrClN4O. The van der Waals surface area contributed by atoms with Crippen molar-refractivity contribution in [3.63, 3.8) is 0 Å². The fourth-order valence-corrected chi connectivity index (χ4v) is 2.35. The lowest BCUT2D eigenvalue weighted by atomic mass is 10.3. The minimum absolute atomic E-state index is 0.618. The van der Waals surface area contributed by atoms with Crippen molar-refractivity contribution in [2.24, 2.45) is 0 Å². The molecule has 0 atom stereocenters. The van der Waals surface area contributed by atoms with Gasteiger partial charge < -0.3 is 15.4 Å². The molecule has 1 aromatic heterocycles. The number of halogens is 2. The highest BCUT2D eigenvalue weighted by Crippen LogP contribution is 2.34. The van der Waals surface area contributed by atoms with Gasteiger partial charge in [0.2, 0.25) is 0 Å². The predicted octanol–water partition coefficient (Wildman–Crippen LogP) is 4.47. The van der Waals surface area contributed by atoms with E-state index in [1.54, 1.807) is 25.3 Å². The van der Waals surface area contributed by atoms with Gasteiger partial charge in [-0.15, -0.1) is 0 Å². The van der Waals surface area contributed by atoms with Crippen LogP contribution in [0.3, 0.4) is 0 Å². The van der Waals surface area contributed by atoms with E-state index >= 15 is 0 Å². The number of hydrogen-bond acceptors (Lipinski definition) is 5. The van der Waals surface area contributed by atoms with E-state index in [0.29, 0.717) is 16.6 Å². The second-order valence-electron chi connectivity index (χ2n) is 4.28. The summed E-state index contributed by atoms with van der Waals surface area (Å²) in [5.41, 5.74) is 0.742. The summed E-state index contributed by atoms with van der Waals surface area (Å²) >= 11 is 9.54. The zero-order valence-corrected chi connectivity index (χ0v) is 14.1. The van der Waals surface area contributed by atoms with Gasteiger partial charge in [0.05, 0.1) is 12.8 Å². The van der Waals surface area contributed by atoms with E-state index < -0.39 is 0 Å². The molecule has 0 spiro atoms. The number of ether oxygens (including phenoxy) is 1. The van der Waals surface area contributed by atoms with Crippen molar-refractivity contribution < 1.29 is 4.74 Å². The molecule has 0 aliphatic rings. The molecule has 0 bridgehead atoms. The van der Waals surface area contributed by atoms with Crippen molar-refractivity contribution >= 4 is 44.9 Å². The van der Waals surface area contributed by atoms with Crippen molar-refractivity contribution in [2.45, 2.75) is 13.3 Å². The van der Waals surface area contributed by atoms with Gasteiger partial charge in [-0.05, 0) is 40.5 Å². The Kier molecular flexibility index (Phi) is 5.64. The van der Waals surface area contributed by atoms with Crippen molar-refractivity contribution in [3.05, 3.63) is 34.0 Å². The fourth-order valence-electron chi connectivity index (χ4n) is 1.73. The lowest BCUT2D eigenvalue weighted by Gasteiger charge is -2.13. The highest BCUT2D eigenvalue weighted by Gasteiger charge is 2.11. The summed E-state index contributed by atoms with van der Waals surface area (Å²) < 4.78 is 6.08. The number of nitrogens with one attached hydrogen (secondary N) is 2. The van der Waals surface area contributed by atoms with Crippen LogP contribution in [0.1, 0.15) is 13.3 Å². The van der Waals surface area contributed by atoms with Crippen LogP contribution < -0.4 is 15.4 Å². The largest absolute Gasteiger partial charge is 0.495 e. The van der Waals surface area contributed by atoms with Gasteiger partial charge in [-0.3, -0.25) is 0 Å². The Morgan fingerprint density at radius 3 is 2.76 bits per heavy atom. The first kappa shape index (κ1) is 15.9. The number of nitrogens with zero attached hydrogens (tertiary/aromatic N) is 2. The van der Waals surface area contributed by atoms with Crippen LogP contribution in [0, 0.1) is 0 Å². The molecular weight excluding hydrogens is 356 g/mol. The van der Waals surface area contributed by atoms with Gasteiger partial charge in [-0.1, -0.05) is 18.5 Å². The minimum Gasteiger partial charge on any atom is -0.495 e. The smallest absolute Gasteiger partial charge is 0.150 e. The molecule has 0 aliphatic heterocycles. The zero-order valence-electron chi connectivity index (χ0n) is 11.8. The molecule has 0 aliphatic carbocycles. The van der Waals surface area contributed by atoms with E-state index in [-0.39, 0.29) is 0 Å². The van der Waals surface area contributed by atoms with E-state index in [9.17, 15) is 0 Å². The van der Waals surface area contributed by atoms with Crippen molar-refractivity contribution in [1.29, 1.82) is 0 Å². The molecule has 1 heterocycles. The molecule has 2 N–H and O–H groups in total. The molecule has 0 saturated carbocycles. The molecule has 2 rings (SSSR count). The maximum Gasteiger partial charge on any atom is 0.150 e. The quantitative estimate of drug-likeness (QED) is 0.784. The van der Waals surface area contributed by atoms with Gasteiger partial charge in [0.25, 0.3) is 0 Å². The van der Waals surface area contributed by atoms with Gasteiger partial charge in [0.15, 0.2) is 0 Å². The maximum atomic E-state index is 6.03. The summed E-state index contributed by atoms with van der Waals surface area (Å²) in [7, 11) is 1.61. The van der Waals surface area contributed by atoms with E-state index in [2.05, 4.69) is 43.5 Å². The van der Waals surface area contributed by atoms with Crippen molar-refractivity contribution in [1.82, 2.24) is 9.97 Å². The lowest BCUT2D eigenvalue weighted by Crippen LogP contribution is -2.05. The topological polar surface area (TPSA) is 59.1 Å². The SMILES string of the molecule is CCCNc1ncnc(Nc2cc(Cl)ccc2OC)c1Br. The Hall–Kier alpha value is -1.53. The summed E-state index contributed by atoms with van der Waals surface area (Å²) in [6.07, 6.45) is 2.52. The van der Waals surface area contributed by atoms with E-state index in [1.165, 1.54) is 6.33 Å². The second kappa shape index (κ2) is 7.47. The van der Waals surface area contributed by atoms with Crippen LogP contribution in [0.15, 0.2) is 29.0 Å². The third-order valence-corrected chi connectivity index (χ3v) is 3.73. The number of benzene rings is 1. The third kappa shape index (κ3) is 3.98. The second-order valence-corrected chi connectivity index (χ2v) is 5.51. The molecule has 7 heteroatoms. The molecule has 0 fully saturated rings. The van der Waals surface area contributed by atoms with Crippen LogP contribution in [0.5, 0.6) is 5.75 Å². The maximum absolute atomic E-state index is 6.03. The van der Waals surface area contributed by atoms with E-state index in [1.807, 2.05) is 0 Å². The van der Waals surface area contributed by atoms with Gasteiger partial charge in [-0.25, -0.2) is 9.97 Å². The summed E-state index contributed by atoms with van der Waals surface area (Å²) in [6, 6.07) is 5.36. The summed E-state index contributed by atoms with van der Waals surface area (Å²) in [4.78, 5) is 8.45. The summed E-state index contributed by atoms with van der Waals surface area (Å²) in [5, 5.41) is 7.05. The van der Waals surface area contributed by atoms with E-state index in [4.69, 9.17) is 16.3 Å². The molecule has 0 unspecified atom stereocenters. The first-order valence-corrected chi connectivity index (χ1v) is 7.67. The fraction of sp³-hybridized carbons (Fsp3) is 0.286. The average Bonchev–Trinajstić information content (AvgIpc) is 2.48. The molecule has 112 valence electrons. The third-order valence-electron chi connectivity index (χ3n) is 2.75. The first-order valence-electron chi connectivity index (χ1n) is 6.50. The van der Waals surface area contributed by atoms with Gasteiger partial charge in [-0.2, -0.15) is 0 Å². The number of hydrogen-bond donors (Lipinski definition) is 2. The summed E-state index contributed by atoms with van der Waals surface area (Å²) in [6.45, 7) is 2.94. The average molecular weight is 372 g/mol. The number of rotatable bonds is 6. The Morgan fingerprint density at radius 1 is 1.29 bits per heavy atom. The molecule has 21 heavy (non-hydrogen) atoms. The molecule has 0 amide bonds. The predicted molar refractivity (Wildman–Crippen MR) is 89.8 cm³/mol. The van der Waals surface area contributed by atoms with Crippen molar-refractivity contribution in [3.8, 4) is 5.75 Å².